The van der Waals surface area contributed by atoms with E-state index in [1.54, 1.807) is 0 Å². The van der Waals surface area contributed by atoms with Crippen LogP contribution in [-0.2, 0) is 6.42 Å². The zero-order chi connectivity index (χ0) is 10.0. The average Bonchev–Trinajstić information content (AvgIpc) is 2.11. The van der Waals surface area contributed by atoms with Crippen molar-refractivity contribution in [1.29, 1.82) is 5.26 Å². The van der Waals surface area contributed by atoms with Crippen LogP contribution in [0.4, 0.5) is 0 Å². The van der Waals surface area contributed by atoms with Crippen molar-refractivity contribution in [2.24, 2.45) is 0 Å². The monoisotopic (exact) mass is 237 g/mol. The molecule has 13 heavy (non-hydrogen) atoms. The molecule has 0 aliphatic heterocycles. The summed E-state index contributed by atoms with van der Waals surface area (Å²) in [6, 6.07) is 4.22. The highest BCUT2D eigenvalue weighted by atomic mass is 79.9. The van der Waals surface area contributed by atoms with E-state index in [0.717, 1.165) is 10.0 Å². The number of hydrogen-bond acceptors (Lipinski definition) is 1. The third-order valence-corrected chi connectivity index (χ3v) is 3.36. The second-order valence-corrected chi connectivity index (χ2v) is 4.08. The van der Waals surface area contributed by atoms with E-state index >= 15 is 0 Å². The van der Waals surface area contributed by atoms with Gasteiger partial charge in [-0.2, -0.15) is 5.26 Å². The predicted octanol–water partition coefficient (Wildman–Crippen LogP) is 3.44. The summed E-state index contributed by atoms with van der Waals surface area (Å²) in [6.45, 7) is 6.25. The van der Waals surface area contributed by atoms with Crippen molar-refractivity contribution in [2.45, 2.75) is 27.2 Å². The zero-order valence-corrected chi connectivity index (χ0v) is 9.70. The van der Waals surface area contributed by atoms with Crippen molar-refractivity contribution in [1.82, 2.24) is 0 Å². The molecule has 0 aliphatic carbocycles. The topological polar surface area (TPSA) is 23.8 Å². The average molecular weight is 238 g/mol. The van der Waals surface area contributed by atoms with Crippen molar-refractivity contribution in [3.8, 4) is 6.07 Å². The lowest BCUT2D eigenvalue weighted by atomic mass is 9.97. The highest BCUT2D eigenvalue weighted by Crippen LogP contribution is 2.25. The summed E-state index contributed by atoms with van der Waals surface area (Å²) in [5, 5.41) is 8.63. The number of nitrogens with zero attached hydrogens (tertiary/aromatic N) is 1. The zero-order valence-electron chi connectivity index (χ0n) is 8.11. The van der Waals surface area contributed by atoms with Gasteiger partial charge in [0, 0.05) is 4.47 Å². The largest absolute Gasteiger partial charge is 0.198 e. The molecular weight excluding hydrogens is 226 g/mol. The van der Waals surface area contributed by atoms with Crippen molar-refractivity contribution in [2.75, 3.05) is 0 Å². The molecule has 0 fully saturated rings. The standard InChI is InChI=1S/C11H12BrN/c1-7-8(2)10(4-5-13)6-11(12)9(7)3/h6H,4H2,1-3H3. The van der Waals surface area contributed by atoms with E-state index in [9.17, 15) is 0 Å². The Morgan fingerprint density at radius 3 is 2.38 bits per heavy atom. The van der Waals surface area contributed by atoms with Gasteiger partial charge >= 0.3 is 0 Å². The molecule has 0 radical (unpaired) electrons. The van der Waals surface area contributed by atoms with Crippen LogP contribution in [0, 0.1) is 32.1 Å². The first-order chi connectivity index (χ1) is 6.07. The molecule has 0 aliphatic rings. The first-order valence-electron chi connectivity index (χ1n) is 4.20. The van der Waals surface area contributed by atoms with E-state index in [1.165, 1.54) is 16.7 Å². The van der Waals surface area contributed by atoms with Gasteiger partial charge in [0.2, 0.25) is 0 Å². The van der Waals surface area contributed by atoms with Gasteiger partial charge in [0.05, 0.1) is 12.5 Å². The SMILES string of the molecule is Cc1c(Br)cc(CC#N)c(C)c1C. The molecule has 0 saturated carbocycles. The quantitative estimate of drug-likeness (QED) is 0.735. The molecule has 0 heterocycles. The molecule has 2 heteroatoms. The maximum atomic E-state index is 8.63. The van der Waals surface area contributed by atoms with Gasteiger partial charge in [0.1, 0.15) is 0 Å². The van der Waals surface area contributed by atoms with Crippen LogP contribution in [0.25, 0.3) is 0 Å². The maximum Gasteiger partial charge on any atom is 0.0669 e. The molecule has 0 atom stereocenters. The van der Waals surface area contributed by atoms with Gasteiger partial charge in [-0.3, -0.25) is 0 Å². The first-order valence-corrected chi connectivity index (χ1v) is 4.99. The number of benzene rings is 1. The molecule has 1 nitrogen and oxygen atoms in total. The summed E-state index contributed by atoms with van der Waals surface area (Å²) in [5.74, 6) is 0. The van der Waals surface area contributed by atoms with Crippen LogP contribution in [0.3, 0.4) is 0 Å². The van der Waals surface area contributed by atoms with Gasteiger partial charge in [-0.15, -0.1) is 0 Å². The molecule has 0 saturated heterocycles. The molecule has 0 spiro atoms. The fourth-order valence-electron chi connectivity index (χ4n) is 1.34. The third-order valence-electron chi connectivity index (χ3n) is 2.54. The fraction of sp³-hybridized carbons (Fsp3) is 0.364. The van der Waals surface area contributed by atoms with Crippen LogP contribution >= 0.6 is 15.9 Å². The van der Waals surface area contributed by atoms with Crippen LogP contribution in [0.5, 0.6) is 0 Å². The Balaban J connectivity index is 3.34. The van der Waals surface area contributed by atoms with E-state index in [-0.39, 0.29) is 0 Å². The van der Waals surface area contributed by atoms with E-state index in [1.807, 2.05) is 6.07 Å². The van der Waals surface area contributed by atoms with Gasteiger partial charge < -0.3 is 0 Å². The molecule has 68 valence electrons. The Morgan fingerprint density at radius 1 is 1.23 bits per heavy atom. The van der Waals surface area contributed by atoms with Gasteiger partial charge in [0.15, 0.2) is 0 Å². The molecular formula is C11H12BrN. The number of nitriles is 1. The number of hydrogen-bond donors (Lipinski definition) is 0. The van der Waals surface area contributed by atoms with Gasteiger partial charge in [-0.25, -0.2) is 0 Å². The highest BCUT2D eigenvalue weighted by molar-refractivity contribution is 9.10. The van der Waals surface area contributed by atoms with Gasteiger partial charge in [-0.05, 0) is 49.1 Å². The molecule has 1 aromatic carbocycles. The van der Waals surface area contributed by atoms with Gasteiger partial charge in [0.25, 0.3) is 0 Å². The van der Waals surface area contributed by atoms with E-state index in [2.05, 4.69) is 42.8 Å². The number of halogens is 1. The maximum absolute atomic E-state index is 8.63. The van der Waals surface area contributed by atoms with E-state index in [4.69, 9.17) is 5.26 Å². The molecule has 0 bridgehead atoms. The Hall–Kier alpha value is -0.810. The Labute approximate surface area is 87.5 Å². The molecule has 0 unspecified atom stereocenters. The summed E-state index contributed by atoms with van der Waals surface area (Å²) >= 11 is 3.49. The molecule has 1 rings (SSSR count). The summed E-state index contributed by atoms with van der Waals surface area (Å²) < 4.78 is 1.10. The minimum atomic E-state index is 0.492. The third kappa shape index (κ3) is 1.92. The van der Waals surface area contributed by atoms with E-state index < -0.39 is 0 Å². The van der Waals surface area contributed by atoms with Crippen LogP contribution in [0.2, 0.25) is 0 Å². The van der Waals surface area contributed by atoms with Crippen molar-refractivity contribution >= 4 is 15.9 Å². The van der Waals surface area contributed by atoms with Gasteiger partial charge in [-0.1, -0.05) is 15.9 Å². The lowest BCUT2D eigenvalue weighted by Gasteiger charge is -2.10. The summed E-state index contributed by atoms with van der Waals surface area (Å²) in [4.78, 5) is 0. The Morgan fingerprint density at radius 2 is 1.85 bits per heavy atom. The fourth-order valence-corrected chi connectivity index (χ4v) is 1.91. The molecule has 0 aromatic heterocycles. The van der Waals surface area contributed by atoms with Crippen LogP contribution in [-0.4, -0.2) is 0 Å². The smallest absolute Gasteiger partial charge is 0.0669 e. The van der Waals surface area contributed by atoms with Crippen LogP contribution < -0.4 is 0 Å². The van der Waals surface area contributed by atoms with Crippen LogP contribution in [0.15, 0.2) is 10.5 Å². The predicted molar refractivity (Wildman–Crippen MR) is 57.7 cm³/mol. The van der Waals surface area contributed by atoms with E-state index in [0.29, 0.717) is 6.42 Å². The summed E-state index contributed by atoms with van der Waals surface area (Å²) in [5.41, 5.74) is 4.90. The lowest BCUT2D eigenvalue weighted by molar-refractivity contribution is 1.15. The minimum absolute atomic E-state index is 0.492. The second-order valence-electron chi connectivity index (χ2n) is 3.23. The molecule has 0 amide bonds. The minimum Gasteiger partial charge on any atom is -0.198 e. The molecule has 0 N–H and O–H groups in total. The lowest BCUT2D eigenvalue weighted by Crippen LogP contribution is -1.95. The first kappa shape index (κ1) is 10.3. The second kappa shape index (κ2) is 3.93. The highest BCUT2D eigenvalue weighted by Gasteiger charge is 2.06. The van der Waals surface area contributed by atoms with Crippen LogP contribution in [0.1, 0.15) is 22.3 Å². The van der Waals surface area contributed by atoms with Crippen molar-refractivity contribution in [3.63, 3.8) is 0 Å². The molecule has 1 aromatic rings. The Kier molecular flexibility index (Phi) is 3.11. The van der Waals surface area contributed by atoms with Crippen molar-refractivity contribution in [3.05, 3.63) is 32.8 Å². The normalized spacial score (nSPS) is 9.77. The summed E-state index contributed by atoms with van der Waals surface area (Å²) in [7, 11) is 0. The number of rotatable bonds is 1. The van der Waals surface area contributed by atoms with Crippen molar-refractivity contribution < 1.29 is 0 Å². The summed E-state index contributed by atoms with van der Waals surface area (Å²) in [6.07, 6.45) is 0.492. The Bertz CT molecular complexity index is 375.